The van der Waals surface area contributed by atoms with E-state index in [1.165, 1.54) is 18.2 Å². The molecule has 0 heterocycles. The van der Waals surface area contributed by atoms with Crippen molar-refractivity contribution in [2.75, 3.05) is 6.61 Å². The summed E-state index contributed by atoms with van der Waals surface area (Å²) in [4.78, 5) is 21.3. The number of carbonyl (C=O) groups excluding carboxylic acids is 1. The number of aliphatic hydroxyl groups excluding tert-OH is 1. The summed E-state index contributed by atoms with van der Waals surface area (Å²) in [5.74, 6) is -1.28. The molecular formula is C20H24O8. The zero-order valence-corrected chi connectivity index (χ0v) is 15.7. The van der Waals surface area contributed by atoms with Crippen molar-refractivity contribution < 1.29 is 39.5 Å². The number of phenolic OH excluding ortho intramolecular Hbond substituents is 2. The van der Waals surface area contributed by atoms with Crippen LogP contribution in [-0.4, -0.2) is 39.0 Å². The lowest BCUT2D eigenvalue weighted by atomic mass is 10.1. The van der Waals surface area contributed by atoms with Gasteiger partial charge in [-0.25, -0.2) is 4.79 Å². The van der Waals surface area contributed by atoms with Gasteiger partial charge in [-0.1, -0.05) is 26.0 Å². The molecule has 0 amide bonds. The average Bonchev–Trinajstić information content (AvgIpc) is 2.69. The standard InChI is InChI=1S/C11H14O4.C9H10O4/c1-2-7-15-9-5-3-8(4-6-9)10(12)11(13)14;1-2-9(12)13-6-3-4-7(10)8(11)5-6/h3-6,10,12H,2,7H2,1H3,(H,13,14);3-5,10-11H,2H2,1H3. The van der Waals surface area contributed by atoms with Gasteiger partial charge < -0.3 is 29.9 Å². The van der Waals surface area contributed by atoms with Crippen LogP contribution in [0.25, 0.3) is 0 Å². The van der Waals surface area contributed by atoms with E-state index >= 15 is 0 Å². The average molecular weight is 392 g/mol. The number of benzene rings is 2. The van der Waals surface area contributed by atoms with Crippen molar-refractivity contribution in [3.8, 4) is 23.0 Å². The van der Waals surface area contributed by atoms with Crippen LogP contribution < -0.4 is 9.47 Å². The molecule has 8 heteroatoms. The predicted molar refractivity (Wildman–Crippen MR) is 101 cm³/mol. The molecule has 0 saturated carbocycles. The van der Waals surface area contributed by atoms with Gasteiger partial charge in [0, 0.05) is 12.5 Å². The first-order chi connectivity index (χ1) is 13.3. The molecule has 0 aromatic heterocycles. The van der Waals surface area contributed by atoms with Crippen LogP contribution in [-0.2, 0) is 9.59 Å². The molecule has 8 nitrogen and oxygen atoms in total. The molecule has 0 saturated heterocycles. The number of hydrogen-bond acceptors (Lipinski definition) is 7. The number of aromatic hydroxyl groups is 2. The zero-order chi connectivity index (χ0) is 21.1. The van der Waals surface area contributed by atoms with Crippen molar-refractivity contribution in [3.05, 3.63) is 48.0 Å². The van der Waals surface area contributed by atoms with Crippen molar-refractivity contribution in [2.45, 2.75) is 32.8 Å². The first kappa shape index (κ1) is 22.8. The van der Waals surface area contributed by atoms with Gasteiger partial charge in [0.1, 0.15) is 11.5 Å². The summed E-state index contributed by atoms with van der Waals surface area (Å²) in [5, 5.41) is 35.8. The minimum Gasteiger partial charge on any atom is -0.504 e. The van der Waals surface area contributed by atoms with Gasteiger partial charge in [0.05, 0.1) is 6.61 Å². The fourth-order valence-corrected chi connectivity index (χ4v) is 1.88. The molecule has 0 aliphatic rings. The number of carboxylic acids is 1. The Hall–Kier alpha value is -3.26. The lowest BCUT2D eigenvalue weighted by Gasteiger charge is -2.07. The summed E-state index contributed by atoms with van der Waals surface area (Å²) in [7, 11) is 0. The molecule has 0 aliphatic heterocycles. The Kier molecular flexibility index (Phi) is 9.32. The highest BCUT2D eigenvalue weighted by Crippen LogP contribution is 2.28. The molecule has 2 aromatic rings. The highest BCUT2D eigenvalue weighted by molar-refractivity contribution is 5.74. The van der Waals surface area contributed by atoms with Gasteiger partial charge >= 0.3 is 11.9 Å². The zero-order valence-electron chi connectivity index (χ0n) is 15.7. The first-order valence-corrected chi connectivity index (χ1v) is 8.64. The number of carboxylic acid groups (broad SMARTS) is 1. The molecule has 152 valence electrons. The van der Waals surface area contributed by atoms with Crippen LogP contribution in [0.4, 0.5) is 0 Å². The van der Waals surface area contributed by atoms with Crippen LogP contribution in [0.15, 0.2) is 42.5 Å². The maximum absolute atomic E-state index is 10.8. The molecule has 0 fully saturated rings. The number of aliphatic carboxylic acids is 1. The Labute approximate surface area is 162 Å². The van der Waals surface area contributed by atoms with Crippen molar-refractivity contribution in [1.82, 2.24) is 0 Å². The maximum Gasteiger partial charge on any atom is 0.337 e. The monoisotopic (exact) mass is 392 g/mol. The molecule has 1 unspecified atom stereocenters. The Morgan fingerprint density at radius 3 is 2.07 bits per heavy atom. The van der Waals surface area contributed by atoms with E-state index < -0.39 is 12.1 Å². The van der Waals surface area contributed by atoms with E-state index in [-0.39, 0.29) is 29.6 Å². The van der Waals surface area contributed by atoms with E-state index in [9.17, 15) is 14.7 Å². The number of rotatable bonds is 7. The molecule has 2 rings (SSSR count). The lowest BCUT2D eigenvalue weighted by molar-refractivity contribution is -0.147. The van der Waals surface area contributed by atoms with E-state index in [0.717, 1.165) is 6.42 Å². The number of aliphatic hydroxyl groups is 1. The number of hydrogen-bond donors (Lipinski definition) is 4. The number of phenols is 2. The second-order valence-corrected chi connectivity index (χ2v) is 5.64. The Balaban J connectivity index is 0.000000283. The van der Waals surface area contributed by atoms with E-state index in [0.29, 0.717) is 17.9 Å². The minimum absolute atomic E-state index is 0.224. The molecule has 0 radical (unpaired) electrons. The van der Waals surface area contributed by atoms with Crippen molar-refractivity contribution in [2.24, 2.45) is 0 Å². The quantitative estimate of drug-likeness (QED) is 0.321. The van der Waals surface area contributed by atoms with Crippen LogP contribution in [0.3, 0.4) is 0 Å². The molecule has 4 N–H and O–H groups in total. The third kappa shape index (κ3) is 7.55. The topological polar surface area (TPSA) is 134 Å². The smallest absolute Gasteiger partial charge is 0.337 e. The summed E-state index contributed by atoms with van der Waals surface area (Å²) >= 11 is 0. The molecule has 1 atom stereocenters. The fraction of sp³-hybridized carbons (Fsp3) is 0.300. The van der Waals surface area contributed by atoms with Gasteiger partial charge in [-0.15, -0.1) is 0 Å². The third-order valence-electron chi connectivity index (χ3n) is 3.37. The highest BCUT2D eigenvalue weighted by Gasteiger charge is 2.15. The van der Waals surface area contributed by atoms with Crippen LogP contribution in [0.5, 0.6) is 23.0 Å². The fourth-order valence-electron chi connectivity index (χ4n) is 1.88. The number of ether oxygens (including phenoxy) is 2. The van der Waals surface area contributed by atoms with E-state index in [1.807, 2.05) is 6.92 Å². The van der Waals surface area contributed by atoms with Crippen molar-refractivity contribution in [1.29, 1.82) is 0 Å². The van der Waals surface area contributed by atoms with Crippen LogP contribution >= 0.6 is 0 Å². The first-order valence-electron chi connectivity index (χ1n) is 8.64. The summed E-state index contributed by atoms with van der Waals surface area (Å²) in [6.07, 6.45) is -0.286. The maximum atomic E-state index is 10.8. The Morgan fingerprint density at radius 1 is 0.964 bits per heavy atom. The Bertz CT molecular complexity index is 770. The summed E-state index contributed by atoms with van der Waals surface area (Å²) in [6.45, 7) is 4.30. The van der Waals surface area contributed by atoms with Gasteiger partial charge in [0.25, 0.3) is 0 Å². The number of esters is 1. The Morgan fingerprint density at radius 2 is 1.57 bits per heavy atom. The molecule has 0 aliphatic carbocycles. The molecule has 0 spiro atoms. The SMILES string of the molecule is CCC(=O)Oc1ccc(O)c(O)c1.CCCOc1ccc(C(O)C(=O)O)cc1. The van der Waals surface area contributed by atoms with E-state index in [1.54, 1.807) is 31.2 Å². The minimum atomic E-state index is -1.47. The second kappa shape index (κ2) is 11.5. The largest absolute Gasteiger partial charge is 0.504 e. The van der Waals surface area contributed by atoms with Gasteiger partial charge in [-0.2, -0.15) is 0 Å². The van der Waals surface area contributed by atoms with Crippen molar-refractivity contribution >= 4 is 11.9 Å². The van der Waals surface area contributed by atoms with Crippen LogP contribution in [0.1, 0.15) is 38.4 Å². The predicted octanol–water partition coefficient (Wildman–Crippen LogP) is 3.01. The highest BCUT2D eigenvalue weighted by atomic mass is 16.5. The molecule has 0 bridgehead atoms. The molecular weight excluding hydrogens is 368 g/mol. The summed E-state index contributed by atoms with van der Waals surface area (Å²) in [5.41, 5.74) is 0.353. The van der Waals surface area contributed by atoms with Crippen LogP contribution in [0, 0.1) is 0 Å². The lowest BCUT2D eigenvalue weighted by Crippen LogP contribution is -2.10. The summed E-state index contributed by atoms with van der Waals surface area (Å²) < 4.78 is 10.1. The van der Waals surface area contributed by atoms with E-state index in [2.05, 4.69) is 0 Å². The van der Waals surface area contributed by atoms with Crippen LogP contribution in [0.2, 0.25) is 0 Å². The number of carbonyl (C=O) groups is 2. The van der Waals surface area contributed by atoms with Gasteiger partial charge in [-0.3, -0.25) is 4.79 Å². The van der Waals surface area contributed by atoms with Gasteiger partial charge in [0.15, 0.2) is 17.6 Å². The van der Waals surface area contributed by atoms with Crippen molar-refractivity contribution in [3.63, 3.8) is 0 Å². The van der Waals surface area contributed by atoms with E-state index in [4.69, 9.17) is 24.8 Å². The third-order valence-corrected chi connectivity index (χ3v) is 3.37. The van der Waals surface area contributed by atoms with Gasteiger partial charge in [-0.05, 0) is 36.2 Å². The van der Waals surface area contributed by atoms with Gasteiger partial charge in [0.2, 0.25) is 0 Å². The second-order valence-electron chi connectivity index (χ2n) is 5.64. The molecule has 2 aromatic carbocycles. The summed E-state index contributed by atoms with van der Waals surface area (Å²) in [6, 6.07) is 10.2. The molecule has 28 heavy (non-hydrogen) atoms. The normalized spacial score (nSPS) is 11.0.